The van der Waals surface area contributed by atoms with E-state index in [9.17, 15) is 0 Å². The second kappa shape index (κ2) is 3.56. The molecular formula is C11H16. The Morgan fingerprint density at radius 1 is 1.45 bits per heavy atom. The van der Waals surface area contributed by atoms with Gasteiger partial charge in [-0.1, -0.05) is 43.7 Å². The van der Waals surface area contributed by atoms with Crippen LogP contribution >= 0.6 is 0 Å². The van der Waals surface area contributed by atoms with Gasteiger partial charge in [0.2, 0.25) is 0 Å². The van der Waals surface area contributed by atoms with Crippen LogP contribution in [-0.2, 0) is 0 Å². The highest BCUT2D eigenvalue weighted by Gasteiger charge is 2.05. The van der Waals surface area contributed by atoms with Crippen molar-refractivity contribution in [1.82, 2.24) is 0 Å². The van der Waals surface area contributed by atoms with Crippen LogP contribution in [0.4, 0.5) is 0 Å². The topological polar surface area (TPSA) is 0 Å². The molecule has 0 aliphatic heterocycles. The summed E-state index contributed by atoms with van der Waals surface area (Å²) in [6.07, 6.45) is 10.1. The van der Waals surface area contributed by atoms with Gasteiger partial charge in [0.15, 0.2) is 0 Å². The molecule has 0 aromatic heterocycles. The molecule has 1 unspecified atom stereocenters. The van der Waals surface area contributed by atoms with Crippen LogP contribution in [0, 0.1) is 5.92 Å². The Morgan fingerprint density at radius 3 is 2.73 bits per heavy atom. The smallest absolute Gasteiger partial charge is 0.000788 e. The zero-order valence-corrected chi connectivity index (χ0v) is 7.59. The fraction of sp³-hybridized carbons (Fsp3) is 0.455. The Hall–Kier alpha value is -0.780. The maximum absolute atomic E-state index is 2.31. The highest BCUT2D eigenvalue weighted by Crippen LogP contribution is 2.21. The largest absolute Gasteiger partial charge is 0.0810 e. The van der Waals surface area contributed by atoms with Gasteiger partial charge in [0.1, 0.15) is 0 Å². The Kier molecular flexibility index (Phi) is 2.70. The third kappa shape index (κ3) is 2.07. The average Bonchev–Trinajstić information content (AvgIpc) is 1.95. The van der Waals surface area contributed by atoms with Crippen molar-refractivity contribution < 1.29 is 0 Å². The van der Waals surface area contributed by atoms with E-state index in [-0.39, 0.29) is 0 Å². The van der Waals surface area contributed by atoms with Crippen molar-refractivity contribution in [3.05, 3.63) is 35.5 Å². The van der Waals surface area contributed by atoms with Crippen molar-refractivity contribution in [3.63, 3.8) is 0 Å². The molecule has 0 bridgehead atoms. The maximum atomic E-state index is 2.31. The normalized spacial score (nSPS) is 27.4. The van der Waals surface area contributed by atoms with Gasteiger partial charge < -0.3 is 0 Å². The summed E-state index contributed by atoms with van der Waals surface area (Å²) in [6, 6.07) is 0. The fourth-order valence-electron chi connectivity index (χ4n) is 1.42. The fourth-order valence-corrected chi connectivity index (χ4v) is 1.42. The molecule has 0 amide bonds. The molecule has 0 N–H and O–H groups in total. The minimum absolute atomic E-state index is 0.611. The van der Waals surface area contributed by atoms with Crippen molar-refractivity contribution in [2.24, 2.45) is 5.92 Å². The van der Waals surface area contributed by atoms with Crippen molar-refractivity contribution >= 4 is 0 Å². The van der Waals surface area contributed by atoms with E-state index in [0.29, 0.717) is 5.92 Å². The SMILES string of the molecule is CCC=C1C=CC(C)=CC1C. The van der Waals surface area contributed by atoms with Gasteiger partial charge in [-0.2, -0.15) is 0 Å². The lowest BCUT2D eigenvalue weighted by atomic mass is 9.92. The highest BCUT2D eigenvalue weighted by atomic mass is 14.1. The Labute approximate surface area is 69.3 Å². The molecule has 1 rings (SSSR count). The third-order valence-corrected chi connectivity index (χ3v) is 2.02. The predicted molar refractivity (Wildman–Crippen MR) is 50.4 cm³/mol. The van der Waals surface area contributed by atoms with E-state index in [4.69, 9.17) is 0 Å². The van der Waals surface area contributed by atoms with Gasteiger partial charge in [-0.05, 0) is 24.8 Å². The van der Waals surface area contributed by atoms with Crippen LogP contribution in [0.5, 0.6) is 0 Å². The number of rotatable bonds is 1. The molecule has 0 heterocycles. The molecule has 0 saturated carbocycles. The molecule has 1 aliphatic carbocycles. The molecule has 0 heteroatoms. The van der Waals surface area contributed by atoms with Gasteiger partial charge in [0, 0.05) is 0 Å². The standard InChI is InChI=1S/C11H16/c1-4-5-11-7-6-9(2)8-10(11)3/h5-8,10H,4H2,1-3H3. The summed E-state index contributed by atoms with van der Waals surface area (Å²) < 4.78 is 0. The first-order valence-corrected chi connectivity index (χ1v) is 4.30. The van der Waals surface area contributed by atoms with Crippen LogP contribution in [0.1, 0.15) is 27.2 Å². The highest BCUT2D eigenvalue weighted by molar-refractivity contribution is 5.36. The van der Waals surface area contributed by atoms with E-state index in [1.807, 2.05) is 0 Å². The Bertz CT molecular complexity index is 216. The Balaban J connectivity index is 2.77. The molecule has 1 aliphatic rings. The second-order valence-electron chi connectivity index (χ2n) is 3.15. The van der Waals surface area contributed by atoms with Crippen molar-refractivity contribution in [2.45, 2.75) is 27.2 Å². The molecule has 0 saturated heterocycles. The quantitative estimate of drug-likeness (QED) is 0.534. The van der Waals surface area contributed by atoms with Crippen LogP contribution in [0.15, 0.2) is 35.5 Å². The molecule has 0 fully saturated rings. The zero-order valence-electron chi connectivity index (χ0n) is 7.59. The van der Waals surface area contributed by atoms with Crippen LogP contribution in [0.25, 0.3) is 0 Å². The molecule has 0 radical (unpaired) electrons. The average molecular weight is 148 g/mol. The molecule has 0 spiro atoms. The number of hydrogen-bond acceptors (Lipinski definition) is 0. The molecule has 11 heavy (non-hydrogen) atoms. The molecule has 0 aromatic rings. The van der Waals surface area contributed by atoms with Gasteiger partial charge in [0.25, 0.3) is 0 Å². The lowest BCUT2D eigenvalue weighted by Gasteiger charge is -2.13. The van der Waals surface area contributed by atoms with Crippen LogP contribution in [0.3, 0.4) is 0 Å². The first-order valence-electron chi connectivity index (χ1n) is 4.30. The number of allylic oxidation sites excluding steroid dienone is 6. The van der Waals surface area contributed by atoms with E-state index in [0.717, 1.165) is 6.42 Å². The summed E-state index contributed by atoms with van der Waals surface area (Å²) in [4.78, 5) is 0. The molecule has 0 aromatic carbocycles. The van der Waals surface area contributed by atoms with E-state index >= 15 is 0 Å². The summed E-state index contributed by atoms with van der Waals surface area (Å²) >= 11 is 0. The van der Waals surface area contributed by atoms with Gasteiger partial charge in [-0.15, -0.1) is 0 Å². The lowest BCUT2D eigenvalue weighted by Crippen LogP contribution is -1.97. The second-order valence-corrected chi connectivity index (χ2v) is 3.15. The van der Waals surface area contributed by atoms with Crippen molar-refractivity contribution in [2.75, 3.05) is 0 Å². The molecular weight excluding hydrogens is 132 g/mol. The van der Waals surface area contributed by atoms with Crippen LogP contribution in [0.2, 0.25) is 0 Å². The van der Waals surface area contributed by atoms with Crippen LogP contribution < -0.4 is 0 Å². The predicted octanol–water partition coefficient (Wildman–Crippen LogP) is 3.48. The molecule has 60 valence electrons. The number of hydrogen-bond donors (Lipinski definition) is 0. The minimum atomic E-state index is 0.611. The molecule has 1 atom stereocenters. The summed E-state index contributed by atoms with van der Waals surface area (Å²) in [5.74, 6) is 0.611. The summed E-state index contributed by atoms with van der Waals surface area (Å²) in [6.45, 7) is 6.57. The van der Waals surface area contributed by atoms with Crippen molar-refractivity contribution in [3.8, 4) is 0 Å². The summed E-state index contributed by atoms with van der Waals surface area (Å²) in [5, 5.41) is 0. The third-order valence-electron chi connectivity index (χ3n) is 2.02. The van der Waals surface area contributed by atoms with Gasteiger partial charge >= 0.3 is 0 Å². The van der Waals surface area contributed by atoms with Crippen LogP contribution in [-0.4, -0.2) is 0 Å². The van der Waals surface area contributed by atoms with Gasteiger partial charge in [0.05, 0.1) is 0 Å². The lowest BCUT2D eigenvalue weighted by molar-refractivity contribution is 0.862. The first kappa shape index (κ1) is 8.32. The maximum Gasteiger partial charge on any atom is -0.000788 e. The van der Waals surface area contributed by atoms with Crippen molar-refractivity contribution in [1.29, 1.82) is 0 Å². The zero-order chi connectivity index (χ0) is 8.27. The summed E-state index contributed by atoms with van der Waals surface area (Å²) in [7, 11) is 0. The monoisotopic (exact) mass is 148 g/mol. The van der Waals surface area contributed by atoms with Gasteiger partial charge in [-0.25, -0.2) is 0 Å². The van der Waals surface area contributed by atoms with E-state index in [1.54, 1.807) is 0 Å². The van der Waals surface area contributed by atoms with E-state index in [2.05, 4.69) is 45.1 Å². The summed E-state index contributed by atoms with van der Waals surface area (Å²) in [5.41, 5.74) is 2.84. The van der Waals surface area contributed by atoms with E-state index < -0.39 is 0 Å². The Morgan fingerprint density at radius 2 is 2.18 bits per heavy atom. The molecule has 0 nitrogen and oxygen atoms in total. The first-order chi connectivity index (χ1) is 5.24. The van der Waals surface area contributed by atoms with Gasteiger partial charge in [-0.3, -0.25) is 0 Å². The minimum Gasteiger partial charge on any atom is -0.0810 e. The van der Waals surface area contributed by atoms with E-state index in [1.165, 1.54) is 11.1 Å².